The van der Waals surface area contributed by atoms with Crippen LogP contribution in [0.5, 0.6) is 0 Å². The third-order valence-corrected chi connectivity index (χ3v) is 6.92. The van der Waals surface area contributed by atoms with Gasteiger partial charge in [0.25, 0.3) is 5.56 Å². The smallest absolute Gasteiger partial charge is 0.252 e. The molecule has 2 aliphatic rings. The van der Waals surface area contributed by atoms with Crippen molar-refractivity contribution in [2.45, 2.75) is 19.5 Å². The lowest BCUT2D eigenvalue weighted by molar-refractivity contribution is 0.302. The number of benzene rings is 1. The maximum Gasteiger partial charge on any atom is 0.252 e. The first-order valence-electron chi connectivity index (χ1n) is 10.6. The maximum atomic E-state index is 13.2. The molecule has 0 N–H and O–H groups in total. The molecular weight excluding hydrogens is 393 g/mol. The van der Waals surface area contributed by atoms with Crippen LogP contribution in [0.25, 0.3) is 11.0 Å². The van der Waals surface area contributed by atoms with Crippen molar-refractivity contribution in [2.24, 2.45) is 18.9 Å². The van der Waals surface area contributed by atoms with Crippen molar-refractivity contribution in [1.82, 2.24) is 14.5 Å². The second-order valence-electron chi connectivity index (χ2n) is 8.74. The van der Waals surface area contributed by atoms with Gasteiger partial charge in [-0.1, -0.05) is 12.1 Å². The van der Waals surface area contributed by atoms with Crippen molar-refractivity contribution in [1.29, 1.82) is 5.26 Å². The Labute approximate surface area is 180 Å². The van der Waals surface area contributed by atoms with Crippen LogP contribution in [0.2, 0.25) is 0 Å². The van der Waals surface area contributed by atoms with Gasteiger partial charge >= 0.3 is 0 Å². The summed E-state index contributed by atoms with van der Waals surface area (Å²) in [4.78, 5) is 21.9. The van der Waals surface area contributed by atoms with Gasteiger partial charge in [0.15, 0.2) is 0 Å². The molecule has 4 heterocycles. The van der Waals surface area contributed by atoms with E-state index in [0.29, 0.717) is 23.0 Å². The monoisotopic (exact) mass is 417 g/mol. The van der Waals surface area contributed by atoms with Crippen molar-refractivity contribution >= 4 is 16.7 Å². The Hall–Kier alpha value is -3.24. The van der Waals surface area contributed by atoms with E-state index >= 15 is 0 Å². The fourth-order valence-electron chi connectivity index (χ4n) is 5.27. The van der Waals surface area contributed by atoms with Crippen molar-refractivity contribution in [2.75, 3.05) is 24.5 Å². The molecule has 7 heteroatoms. The molecule has 5 rings (SSSR count). The summed E-state index contributed by atoms with van der Waals surface area (Å²) >= 11 is 0. The van der Waals surface area contributed by atoms with E-state index in [9.17, 15) is 14.4 Å². The summed E-state index contributed by atoms with van der Waals surface area (Å²) in [7, 11) is 1.73. The third-order valence-electron chi connectivity index (χ3n) is 6.92. The van der Waals surface area contributed by atoms with Gasteiger partial charge in [-0.25, -0.2) is 9.37 Å². The van der Waals surface area contributed by atoms with Crippen LogP contribution >= 0.6 is 0 Å². The summed E-state index contributed by atoms with van der Waals surface area (Å²) < 4.78 is 14.8. The number of hydrogen-bond donors (Lipinski definition) is 0. The molecule has 0 aliphatic carbocycles. The summed E-state index contributed by atoms with van der Waals surface area (Å²) in [5.41, 5.74) is 3.67. The average Bonchev–Trinajstić information content (AvgIpc) is 3.30. The number of nitriles is 1. The Morgan fingerprint density at radius 3 is 2.65 bits per heavy atom. The van der Waals surface area contributed by atoms with Gasteiger partial charge in [-0.15, -0.1) is 0 Å². The summed E-state index contributed by atoms with van der Waals surface area (Å²) in [6.45, 7) is 5.83. The summed E-state index contributed by atoms with van der Waals surface area (Å²) in [6.07, 6.45) is 0. The minimum Gasteiger partial charge on any atom is -0.366 e. The Kier molecular flexibility index (Phi) is 4.75. The zero-order chi connectivity index (χ0) is 21.7. The van der Waals surface area contributed by atoms with Gasteiger partial charge < -0.3 is 9.47 Å². The van der Waals surface area contributed by atoms with Crippen LogP contribution in [0, 0.1) is 29.0 Å². The predicted octanol–water partition coefficient (Wildman–Crippen LogP) is 2.90. The van der Waals surface area contributed by atoms with Crippen LogP contribution in [-0.2, 0) is 13.6 Å². The molecule has 0 spiro atoms. The molecule has 6 nitrogen and oxygen atoms in total. The lowest BCUT2D eigenvalue weighted by Crippen LogP contribution is -2.35. The summed E-state index contributed by atoms with van der Waals surface area (Å²) in [5.74, 6) is 0.771. The first-order chi connectivity index (χ1) is 14.9. The predicted molar refractivity (Wildman–Crippen MR) is 117 cm³/mol. The molecule has 2 aliphatic heterocycles. The number of rotatable bonds is 3. The van der Waals surface area contributed by atoms with E-state index in [1.165, 1.54) is 12.1 Å². The number of aromatic nitrogens is 2. The van der Waals surface area contributed by atoms with E-state index in [4.69, 9.17) is 0 Å². The molecular formula is C24H24FN5O. The fraction of sp³-hybridized carbons (Fsp3) is 0.375. The molecule has 0 amide bonds. The van der Waals surface area contributed by atoms with Gasteiger partial charge in [0.05, 0.1) is 11.2 Å². The van der Waals surface area contributed by atoms with Crippen LogP contribution in [-0.4, -0.2) is 40.1 Å². The lowest BCUT2D eigenvalue weighted by Gasteiger charge is -2.29. The van der Waals surface area contributed by atoms with Gasteiger partial charge in [0, 0.05) is 45.3 Å². The standard InChI is InChI=1S/C24H24FN5O/c1-15-20-14-29(11-16-3-5-18(25)6-4-16)12-17(20)13-30(15)22-9-23(31)28(2)21-8-7-19(10-26)27-24(21)22/h3-9,15,17,20H,11-14H2,1-2H3/t15-,17+,20-/m0/s1. The van der Waals surface area contributed by atoms with Crippen molar-refractivity contribution in [3.63, 3.8) is 0 Å². The summed E-state index contributed by atoms with van der Waals surface area (Å²) in [5, 5.41) is 9.30. The molecule has 2 saturated heterocycles. The van der Waals surface area contributed by atoms with Crippen molar-refractivity contribution in [3.05, 3.63) is 69.9 Å². The number of anilines is 1. The Balaban J connectivity index is 1.41. The molecule has 31 heavy (non-hydrogen) atoms. The molecule has 2 fully saturated rings. The van der Waals surface area contributed by atoms with Crippen LogP contribution in [0.1, 0.15) is 18.2 Å². The van der Waals surface area contributed by atoms with Gasteiger partial charge in [0.2, 0.25) is 0 Å². The van der Waals surface area contributed by atoms with E-state index in [-0.39, 0.29) is 17.4 Å². The van der Waals surface area contributed by atoms with E-state index in [2.05, 4.69) is 27.8 Å². The number of likely N-dealkylation sites (tertiary alicyclic amines) is 1. The fourth-order valence-corrected chi connectivity index (χ4v) is 5.27. The zero-order valence-electron chi connectivity index (χ0n) is 17.6. The van der Waals surface area contributed by atoms with Crippen molar-refractivity contribution < 1.29 is 4.39 Å². The van der Waals surface area contributed by atoms with Crippen LogP contribution in [0.15, 0.2) is 47.3 Å². The second kappa shape index (κ2) is 7.47. The SMILES string of the molecule is C[C@H]1[C@@H]2CN(Cc3ccc(F)cc3)C[C@@H]2CN1c1cc(=O)n(C)c2ccc(C#N)nc12. The van der Waals surface area contributed by atoms with Gasteiger partial charge in [-0.2, -0.15) is 5.26 Å². The normalized spacial score (nSPS) is 23.3. The van der Waals surface area contributed by atoms with E-state index in [1.807, 2.05) is 12.1 Å². The highest BCUT2D eigenvalue weighted by atomic mass is 19.1. The van der Waals surface area contributed by atoms with E-state index in [1.54, 1.807) is 29.8 Å². The number of fused-ring (bicyclic) bond motifs is 2. The lowest BCUT2D eigenvalue weighted by atomic mass is 9.95. The maximum absolute atomic E-state index is 13.2. The minimum atomic E-state index is -0.208. The minimum absolute atomic E-state index is 0.0730. The second-order valence-corrected chi connectivity index (χ2v) is 8.74. The Bertz CT molecular complexity index is 1250. The number of hydrogen-bond acceptors (Lipinski definition) is 5. The largest absolute Gasteiger partial charge is 0.366 e. The number of halogens is 1. The van der Waals surface area contributed by atoms with Gasteiger partial charge in [-0.3, -0.25) is 9.69 Å². The first kappa shape index (κ1) is 19.7. The average molecular weight is 417 g/mol. The number of pyridine rings is 2. The molecule has 0 radical (unpaired) electrons. The topological polar surface area (TPSA) is 65.2 Å². The molecule has 2 aromatic heterocycles. The van der Waals surface area contributed by atoms with Gasteiger partial charge in [0.1, 0.15) is 23.1 Å². The Morgan fingerprint density at radius 1 is 1.16 bits per heavy atom. The van der Waals surface area contributed by atoms with Crippen LogP contribution in [0.3, 0.4) is 0 Å². The first-order valence-corrected chi connectivity index (χ1v) is 10.6. The van der Waals surface area contributed by atoms with E-state index < -0.39 is 0 Å². The van der Waals surface area contributed by atoms with E-state index in [0.717, 1.165) is 42.9 Å². The quantitative estimate of drug-likeness (QED) is 0.656. The van der Waals surface area contributed by atoms with Crippen molar-refractivity contribution in [3.8, 4) is 6.07 Å². The summed E-state index contributed by atoms with van der Waals surface area (Å²) in [6, 6.07) is 14.2. The number of nitrogens with zero attached hydrogens (tertiary/aromatic N) is 5. The Morgan fingerprint density at radius 2 is 1.94 bits per heavy atom. The van der Waals surface area contributed by atoms with Gasteiger partial charge in [-0.05, 0) is 48.6 Å². The molecule has 1 aromatic carbocycles. The zero-order valence-corrected chi connectivity index (χ0v) is 17.6. The molecule has 3 aromatic rings. The molecule has 0 bridgehead atoms. The molecule has 158 valence electrons. The highest BCUT2D eigenvalue weighted by Gasteiger charge is 2.45. The third kappa shape index (κ3) is 3.37. The highest BCUT2D eigenvalue weighted by Crippen LogP contribution is 2.40. The molecule has 3 atom stereocenters. The van der Waals surface area contributed by atoms with Crippen LogP contribution in [0.4, 0.5) is 10.1 Å². The molecule has 0 unspecified atom stereocenters. The molecule has 0 saturated carbocycles. The highest BCUT2D eigenvalue weighted by molar-refractivity contribution is 5.89. The number of aryl methyl sites for hydroxylation is 1. The van der Waals surface area contributed by atoms with Crippen LogP contribution < -0.4 is 10.5 Å².